The van der Waals surface area contributed by atoms with Gasteiger partial charge in [-0.05, 0) is 60.7 Å². The number of nitrogens with one attached hydrogen (secondary N) is 1. The molecule has 4 aromatic rings. The van der Waals surface area contributed by atoms with Crippen LogP contribution in [-0.2, 0) is 17.9 Å². The Bertz CT molecular complexity index is 1740. The first-order valence-electron chi connectivity index (χ1n) is 14.8. The third-order valence-corrected chi connectivity index (χ3v) is 8.19. The summed E-state index contributed by atoms with van der Waals surface area (Å²) >= 11 is 0. The van der Waals surface area contributed by atoms with Crippen LogP contribution in [-0.4, -0.2) is 92.6 Å². The van der Waals surface area contributed by atoms with Crippen LogP contribution in [0.1, 0.15) is 40.2 Å². The highest BCUT2D eigenvalue weighted by atomic mass is 16.5. The van der Waals surface area contributed by atoms with E-state index in [2.05, 4.69) is 26.0 Å². The van der Waals surface area contributed by atoms with Gasteiger partial charge in [-0.3, -0.25) is 24.0 Å². The first kappa shape index (κ1) is 29.1. The Labute approximate surface area is 254 Å². The largest absolute Gasteiger partial charge is 0.497 e. The second-order valence-corrected chi connectivity index (χ2v) is 11.4. The highest BCUT2D eigenvalue weighted by Gasteiger charge is 2.30. The van der Waals surface area contributed by atoms with Crippen molar-refractivity contribution >= 4 is 22.8 Å². The number of amides is 2. The zero-order valence-corrected chi connectivity index (χ0v) is 24.6. The minimum absolute atomic E-state index is 0.0262. The van der Waals surface area contributed by atoms with Crippen molar-refractivity contribution in [3.63, 3.8) is 0 Å². The van der Waals surface area contributed by atoms with E-state index < -0.39 is 0 Å². The number of hydrogen-bond donors (Lipinski definition) is 1. The van der Waals surface area contributed by atoms with Crippen molar-refractivity contribution in [1.82, 2.24) is 34.4 Å². The highest BCUT2D eigenvalue weighted by molar-refractivity contribution is 5.94. The van der Waals surface area contributed by atoms with E-state index in [-0.39, 0.29) is 30.5 Å². The molecule has 12 heteroatoms. The zero-order chi connectivity index (χ0) is 30.6. The predicted octanol–water partition coefficient (Wildman–Crippen LogP) is 2.24. The maximum Gasteiger partial charge on any atom is 0.277 e. The molecule has 44 heavy (non-hydrogen) atoms. The number of fused-ring (bicyclic) bond motifs is 1. The van der Waals surface area contributed by atoms with Crippen LogP contribution in [0.4, 0.5) is 0 Å². The smallest absolute Gasteiger partial charge is 0.277 e. The van der Waals surface area contributed by atoms with Crippen molar-refractivity contribution in [2.75, 3.05) is 46.4 Å². The van der Waals surface area contributed by atoms with Crippen LogP contribution >= 0.6 is 0 Å². The summed E-state index contributed by atoms with van der Waals surface area (Å²) < 4.78 is 6.85. The normalized spacial score (nSPS) is 15.2. The SMILES string of the molecule is COc1ccc(Cn2ncc3nc(CN(CC4CC4)C(=O)CN4CCN(C(=O)c5ccc(C#N)cc5)CC4)[nH]c(=O)c32)cc1. The lowest BCUT2D eigenvalue weighted by atomic mass is 10.1. The molecule has 2 fully saturated rings. The van der Waals surface area contributed by atoms with Crippen LogP contribution in [0, 0.1) is 17.2 Å². The number of methoxy groups -OCH3 is 1. The van der Waals surface area contributed by atoms with E-state index in [0.29, 0.717) is 73.2 Å². The fraction of sp³-hybridized carbons (Fsp3) is 0.375. The number of hydrogen-bond acceptors (Lipinski definition) is 8. The Morgan fingerprint density at radius 3 is 2.45 bits per heavy atom. The number of piperazine rings is 1. The Morgan fingerprint density at radius 2 is 1.80 bits per heavy atom. The van der Waals surface area contributed by atoms with Gasteiger partial charge in [0.05, 0.1) is 44.6 Å². The number of carbonyl (C=O) groups excluding carboxylic acids is 2. The van der Waals surface area contributed by atoms with Crippen LogP contribution in [0.15, 0.2) is 59.5 Å². The molecule has 3 heterocycles. The second kappa shape index (κ2) is 12.7. The van der Waals surface area contributed by atoms with E-state index in [1.165, 1.54) is 0 Å². The predicted molar refractivity (Wildman–Crippen MR) is 162 cm³/mol. The van der Waals surface area contributed by atoms with Crippen molar-refractivity contribution in [3.8, 4) is 11.8 Å². The molecular weight excluding hydrogens is 560 g/mol. The Balaban J connectivity index is 1.09. The van der Waals surface area contributed by atoms with Gasteiger partial charge in [0, 0.05) is 38.3 Å². The number of ether oxygens (including phenoxy) is 1. The van der Waals surface area contributed by atoms with Gasteiger partial charge in [-0.1, -0.05) is 12.1 Å². The monoisotopic (exact) mass is 594 g/mol. The molecule has 0 bridgehead atoms. The molecular formula is C32H34N8O4. The number of nitrogens with zero attached hydrogens (tertiary/aromatic N) is 7. The molecule has 2 amide bonds. The van der Waals surface area contributed by atoms with E-state index in [9.17, 15) is 14.4 Å². The molecule has 1 aliphatic carbocycles. The summed E-state index contributed by atoms with van der Waals surface area (Å²) in [5, 5.41) is 13.4. The number of aromatic nitrogens is 4. The van der Waals surface area contributed by atoms with E-state index in [1.807, 2.05) is 24.3 Å². The molecule has 2 aliphatic rings. The highest BCUT2D eigenvalue weighted by Crippen LogP contribution is 2.30. The maximum atomic E-state index is 13.5. The summed E-state index contributed by atoms with van der Waals surface area (Å²) in [5.41, 5.74) is 2.61. The zero-order valence-electron chi connectivity index (χ0n) is 24.6. The van der Waals surface area contributed by atoms with E-state index in [4.69, 9.17) is 10.00 Å². The second-order valence-electron chi connectivity index (χ2n) is 11.4. The number of benzene rings is 2. The van der Waals surface area contributed by atoms with Crippen LogP contribution in [0.5, 0.6) is 5.75 Å². The summed E-state index contributed by atoms with van der Waals surface area (Å²) in [7, 11) is 1.61. The number of rotatable bonds is 10. The lowest BCUT2D eigenvalue weighted by Crippen LogP contribution is -2.51. The van der Waals surface area contributed by atoms with Gasteiger partial charge in [-0.25, -0.2) is 4.98 Å². The van der Waals surface area contributed by atoms with Gasteiger partial charge in [0.1, 0.15) is 17.1 Å². The van der Waals surface area contributed by atoms with Gasteiger partial charge >= 0.3 is 0 Å². The van der Waals surface area contributed by atoms with Crippen molar-refractivity contribution in [1.29, 1.82) is 5.26 Å². The summed E-state index contributed by atoms with van der Waals surface area (Å²) in [6.07, 6.45) is 3.76. The molecule has 0 radical (unpaired) electrons. The Morgan fingerprint density at radius 1 is 1.07 bits per heavy atom. The summed E-state index contributed by atoms with van der Waals surface area (Å²) in [6, 6.07) is 16.3. The number of carbonyl (C=O) groups is 2. The van der Waals surface area contributed by atoms with Gasteiger partial charge < -0.3 is 19.5 Å². The summed E-state index contributed by atoms with van der Waals surface area (Å²) in [5.74, 6) is 1.54. The molecule has 1 saturated carbocycles. The summed E-state index contributed by atoms with van der Waals surface area (Å²) in [4.78, 5) is 52.8. The van der Waals surface area contributed by atoms with Crippen LogP contribution in [0.25, 0.3) is 11.0 Å². The Kier molecular flexibility index (Phi) is 8.38. The standard InChI is InChI=1S/C32H34N8O4/c1-44-26-10-6-24(7-11-26)19-40-30-27(17-34-40)35-28(36-31(30)42)20-39(18-23-2-3-23)29(41)21-37-12-14-38(15-13-37)32(43)25-8-4-22(16-33)5-9-25/h4-11,17,23H,2-3,12-15,18-21H2,1H3,(H,35,36,42). The van der Waals surface area contributed by atoms with Crippen molar-refractivity contribution < 1.29 is 14.3 Å². The molecule has 1 N–H and O–H groups in total. The number of aromatic amines is 1. The third-order valence-electron chi connectivity index (χ3n) is 8.19. The minimum Gasteiger partial charge on any atom is -0.497 e. The lowest BCUT2D eigenvalue weighted by Gasteiger charge is -2.35. The van der Waals surface area contributed by atoms with Crippen molar-refractivity contribution in [2.24, 2.45) is 5.92 Å². The first-order valence-corrected chi connectivity index (χ1v) is 14.8. The van der Waals surface area contributed by atoms with Crippen LogP contribution in [0.2, 0.25) is 0 Å². The quantitative estimate of drug-likeness (QED) is 0.295. The van der Waals surface area contributed by atoms with E-state index >= 15 is 0 Å². The van der Waals surface area contributed by atoms with Gasteiger partial charge in [-0.15, -0.1) is 0 Å². The Hall–Kier alpha value is -5.02. The van der Waals surface area contributed by atoms with E-state index in [1.54, 1.807) is 52.1 Å². The number of nitriles is 1. The van der Waals surface area contributed by atoms with Crippen molar-refractivity contribution in [2.45, 2.75) is 25.9 Å². The minimum atomic E-state index is -0.294. The van der Waals surface area contributed by atoms with Gasteiger partial charge in [0.15, 0.2) is 5.52 Å². The maximum absolute atomic E-state index is 13.5. The van der Waals surface area contributed by atoms with Gasteiger partial charge in [-0.2, -0.15) is 10.4 Å². The molecule has 0 atom stereocenters. The van der Waals surface area contributed by atoms with Crippen LogP contribution < -0.4 is 10.3 Å². The summed E-state index contributed by atoms with van der Waals surface area (Å²) in [6.45, 7) is 3.67. The van der Waals surface area contributed by atoms with E-state index in [0.717, 1.165) is 24.2 Å². The average Bonchev–Trinajstić information content (AvgIpc) is 3.78. The fourth-order valence-electron chi connectivity index (χ4n) is 5.47. The molecule has 1 aliphatic heterocycles. The molecule has 0 spiro atoms. The lowest BCUT2D eigenvalue weighted by molar-refractivity contribution is -0.133. The molecule has 1 saturated heterocycles. The molecule has 2 aromatic heterocycles. The molecule has 12 nitrogen and oxygen atoms in total. The van der Waals surface area contributed by atoms with Crippen molar-refractivity contribution in [3.05, 3.63) is 87.6 Å². The fourth-order valence-corrected chi connectivity index (χ4v) is 5.47. The number of H-pyrrole nitrogens is 1. The van der Waals surface area contributed by atoms with Gasteiger partial charge in [0.25, 0.3) is 11.5 Å². The molecule has 0 unspecified atom stereocenters. The average molecular weight is 595 g/mol. The molecule has 226 valence electrons. The first-order chi connectivity index (χ1) is 21.4. The van der Waals surface area contributed by atoms with Gasteiger partial charge in [0.2, 0.25) is 5.91 Å². The molecule has 2 aromatic carbocycles. The molecule has 6 rings (SSSR count). The third kappa shape index (κ3) is 6.63. The van der Waals surface area contributed by atoms with Crippen LogP contribution in [0.3, 0.4) is 0 Å². The topological polar surface area (TPSA) is 140 Å².